The molecule has 0 aromatic heterocycles. The molecule has 2 N–H and O–H groups in total. The summed E-state index contributed by atoms with van der Waals surface area (Å²) in [5.41, 5.74) is 5.47. The molecule has 2 nitrogen and oxygen atoms in total. The molecule has 0 spiro atoms. The van der Waals surface area contributed by atoms with Crippen LogP contribution in [0, 0.1) is 0 Å². The van der Waals surface area contributed by atoms with E-state index < -0.39 is 0 Å². The smallest absolute Gasteiger partial charge is 0.0130 e. The fraction of sp³-hybridized carbons (Fsp3) is 1.00. The fourth-order valence-corrected chi connectivity index (χ4v) is 2.17. The Morgan fingerprint density at radius 2 is 2.27 bits per heavy atom. The standard InChI is InChI=1S/C8H19N2P/c9-6-3-5-8-4-1-2-7-10(8)11/h8H,1-7,9,11H2. The molecule has 1 aliphatic heterocycles. The number of rotatable bonds is 3. The van der Waals surface area contributed by atoms with Crippen molar-refractivity contribution < 1.29 is 0 Å². The molecular weight excluding hydrogens is 155 g/mol. The first-order valence-corrected chi connectivity index (χ1v) is 5.07. The van der Waals surface area contributed by atoms with Crippen LogP contribution >= 0.6 is 9.39 Å². The Morgan fingerprint density at radius 3 is 2.91 bits per heavy atom. The van der Waals surface area contributed by atoms with Gasteiger partial charge in [0.25, 0.3) is 0 Å². The quantitative estimate of drug-likeness (QED) is 0.655. The zero-order valence-electron chi connectivity index (χ0n) is 7.13. The van der Waals surface area contributed by atoms with Crippen molar-refractivity contribution in [1.29, 1.82) is 0 Å². The van der Waals surface area contributed by atoms with Gasteiger partial charge in [-0.05, 0) is 32.2 Å². The van der Waals surface area contributed by atoms with E-state index in [0.29, 0.717) is 0 Å². The van der Waals surface area contributed by atoms with Crippen molar-refractivity contribution in [2.75, 3.05) is 13.1 Å². The van der Waals surface area contributed by atoms with Crippen LogP contribution in [0.3, 0.4) is 0 Å². The van der Waals surface area contributed by atoms with Crippen molar-refractivity contribution >= 4 is 9.39 Å². The third-order valence-electron chi connectivity index (χ3n) is 2.41. The first kappa shape index (κ1) is 9.44. The van der Waals surface area contributed by atoms with Gasteiger partial charge in [-0.1, -0.05) is 15.8 Å². The second-order valence-electron chi connectivity index (χ2n) is 3.32. The molecule has 0 aromatic carbocycles. The largest absolute Gasteiger partial charge is 0.330 e. The highest BCUT2D eigenvalue weighted by atomic mass is 31.0. The average molecular weight is 174 g/mol. The maximum atomic E-state index is 5.47. The van der Waals surface area contributed by atoms with Gasteiger partial charge in [0.1, 0.15) is 0 Å². The summed E-state index contributed by atoms with van der Waals surface area (Å²) in [5, 5.41) is 0. The van der Waals surface area contributed by atoms with Crippen LogP contribution in [0.4, 0.5) is 0 Å². The molecule has 0 saturated carbocycles. The topological polar surface area (TPSA) is 29.3 Å². The van der Waals surface area contributed by atoms with Gasteiger partial charge in [-0.2, -0.15) is 0 Å². The van der Waals surface area contributed by atoms with Crippen LogP contribution in [-0.4, -0.2) is 23.8 Å². The Morgan fingerprint density at radius 1 is 1.45 bits per heavy atom. The molecule has 3 heteroatoms. The van der Waals surface area contributed by atoms with Gasteiger partial charge in [0, 0.05) is 12.6 Å². The normalized spacial score (nSPS) is 27.3. The molecule has 0 aromatic rings. The molecule has 11 heavy (non-hydrogen) atoms. The zero-order valence-corrected chi connectivity index (χ0v) is 8.28. The molecule has 1 aliphatic rings. The predicted octanol–water partition coefficient (Wildman–Crippen LogP) is 1.37. The van der Waals surface area contributed by atoms with Gasteiger partial charge in [0.2, 0.25) is 0 Å². The van der Waals surface area contributed by atoms with Crippen LogP contribution < -0.4 is 5.73 Å². The molecule has 1 fully saturated rings. The summed E-state index contributed by atoms with van der Waals surface area (Å²) in [6, 6.07) is 0.789. The van der Waals surface area contributed by atoms with Crippen molar-refractivity contribution in [1.82, 2.24) is 4.67 Å². The van der Waals surface area contributed by atoms with Gasteiger partial charge in [0.05, 0.1) is 0 Å². The first-order valence-electron chi connectivity index (χ1n) is 4.56. The Bertz CT molecular complexity index is 108. The minimum absolute atomic E-state index is 0.789. The molecule has 0 amide bonds. The Hall–Kier alpha value is 0.350. The number of hydrogen-bond donors (Lipinski definition) is 1. The van der Waals surface area contributed by atoms with Crippen molar-refractivity contribution in [3.05, 3.63) is 0 Å². The number of nitrogens with zero attached hydrogens (tertiary/aromatic N) is 1. The van der Waals surface area contributed by atoms with Crippen molar-refractivity contribution in [3.63, 3.8) is 0 Å². The van der Waals surface area contributed by atoms with E-state index in [1.54, 1.807) is 0 Å². The highest BCUT2D eigenvalue weighted by Crippen LogP contribution is 2.23. The molecule has 2 unspecified atom stereocenters. The Kier molecular flexibility index (Phi) is 4.36. The maximum absolute atomic E-state index is 5.47. The molecule has 0 bridgehead atoms. The minimum atomic E-state index is 0.789. The van der Waals surface area contributed by atoms with E-state index in [9.17, 15) is 0 Å². The molecule has 0 aliphatic carbocycles. The number of piperidine rings is 1. The fourth-order valence-electron chi connectivity index (χ4n) is 1.69. The van der Waals surface area contributed by atoms with Crippen LogP contribution in [0.15, 0.2) is 0 Å². The van der Waals surface area contributed by atoms with E-state index in [4.69, 9.17) is 5.73 Å². The summed E-state index contributed by atoms with van der Waals surface area (Å²) < 4.78 is 2.40. The van der Waals surface area contributed by atoms with E-state index in [2.05, 4.69) is 14.1 Å². The van der Waals surface area contributed by atoms with E-state index in [-0.39, 0.29) is 0 Å². The monoisotopic (exact) mass is 174 g/mol. The van der Waals surface area contributed by atoms with Gasteiger partial charge in [-0.25, -0.2) is 0 Å². The highest BCUT2D eigenvalue weighted by molar-refractivity contribution is 7.13. The average Bonchev–Trinajstić information content (AvgIpc) is 2.03. The summed E-state index contributed by atoms with van der Waals surface area (Å²) in [5.74, 6) is 0. The Balaban J connectivity index is 2.18. The summed E-state index contributed by atoms with van der Waals surface area (Å²) in [6.45, 7) is 2.09. The van der Waals surface area contributed by atoms with Crippen LogP contribution in [-0.2, 0) is 0 Å². The van der Waals surface area contributed by atoms with Crippen molar-refractivity contribution in [2.45, 2.75) is 38.1 Å². The first-order chi connectivity index (χ1) is 5.34. The lowest BCUT2D eigenvalue weighted by Gasteiger charge is -2.31. The van der Waals surface area contributed by atoms with Gasteiger partial charge in [0.15, 0.2) is 0 Å². The highest BCUT2D eigenvalue weighted by Gasteiger charge is 2.17. The molecule has 2 atom stereocenters. The second-order valence-corrected chi connectivity index (χ2v) is 3.98. The molecule has 66 valence electrons. The van der Waals surface area contributed by atoms with Gasteiger partial charge < -0.3 is 5.73 Å². The lowest BCUT2D eigenvalue weighted by Crippen LogP contribution is -2.31. The molecule has 1 rings (SSSR count). The van der Waals surface area contributed by atoms with Crippen LogP contribution in [0.5, 0.6) is 0 Å². The Labute approximate surface area is 71.8 Å². The second kappa shape index (κ2) is 5.08. The predicted molar refractivity (Wildman–Crippen MR) is 52.3 cm³/mol. The third kappa shape index (κ3) is 3.06. The zero-order chi connectivity index (χ0) is 8.10. The summed E-state index contributed by atoms with van der Waals surface area (Å²) in [4.78, 5) is 0. The summed E-state index contributed by atoms with van der Waals surface area (Å²) >= 11 is 0. The lowest BCUT2D eigenvalue weighted by atomic mass is 10.0. The lowest BCUT2D eigenvalue weighted by molar-refractivity contribution is 0.257. The van der Waals surface area contributed by atoms with E-state index in [1.807, 2.05) is 0 Å². The maximum Gasteiger partial charge on any atom is 0.0130 e. The SMILES string of the molecule is NCCCC1CCCCN1P. The van der Waals surface area contributed by atoms with E-state index in [1.165, 1.54) is 38.6 Å². The summed E-state index contributed by atoms with van der Waals surface area (Å²) in [6.07, 6.45) is 6.59. The molecule has 1 saturated heterocycles. The van der Waals surface area contributed by atoms with Crippen molar-refractivity contribution in [2.24, 2.45) is 5.73 Å². The number of nitrogens with two attached hydrogens (primary N) is 1. The van der Waals surface area contributed by atoms with Gasteiger partial charge in [-0.15, -0.1) is 0 Å². The third-order valence-corrected chi connectivity index (χ3v) is 3.09. The van der Waals surface area contributed by atoms with Crippen LogP contribution in [0.2, 0.25) is 0 Å². The van der Waals surface area contributed by atoms with Crippen LogP contribution in [0.25, 0.3) is 0 Å². The molecular formula is C8H19N2P. The van der Waals surface area contributed by atoms with Gasteiger partial charge >= 0.3 is 0 Å². The number of hydrogen-bond acceptors (Lipinski definition) is 2. The van der Waals surface area contributed by atoms with E-state index >= 15 is 0 Å². The van der Waals surface area contributed by atoms with Crippen molar-refractivity contribution in [3.8, 4) is 0 Å². The minimum Gasteiger partial charge on any atom is -0.330 e. The van der Waals surface area contributed by atoms with Gasteiger partial charge in [-0.3, -0.25) is 4.67 Å². The van der Waals surface area contributed by atoms with E-state index in [0.717, 1.165) is 12.6 Å². The molecule has 0 radical (unpaired) electrons. The summed E-state index contributed by atoms with van der Waals surface area (Å²) in [7, 11) is 2.83. The molecule has 1 heterocycles. The van der Waals surface area contributed by atoms with Crippen LogP contribution in [0.1, 0.15) is 32.1 Å².